The largest absolute Gasteiger partial charge is 0.350 e. The lowest BCUT2D eigenvalue weighted by molar-refractivity contribution is 0.306. The number of rotatable bonds is 3. The van der Waals surface area contributed by atoms with Crippen LogP contribution in [0.3, 0.4) is 0 Å². The van der Waals surface area contributed by atoms with Gasteiger partial charge in [-0.2, -0.15) is 0 Å². The highest BCUT2D eigenvalue weighted by Crippen LogP contribution is 2.77. The maximum atomic E-state index is 5.21. The Labute approximate surface area is 173 Å². The van der Waals surface area contributed by atoms with Gasteiger partial charge in [-0.1, -0.05) is 62.4 Å². The molecule has 0 spiro atoms. The monoisotopic (exact) mass is 381 g/mol. The molecule has 1 saturated carbocycles. The molecule has 3 aromatic rings. The zero-order valence-corrected chi connectivity index (χ0v) is 17.4. The molecule has 2 aliphatic heterocycles. The van der Waals surface area contributed by atoms with Crippen molar-refractivity contribution in [1.82, 2.24) is 4.98 Å². The number of hydrogen-bond acceptors (Lipinski definition) is 3. The van der Waals surface area contributed by atoms with Crippen molar-refractivity contribution in [3.05, 3.63) is 72.3 Å². The third kappa shape index (κ3) is 1.91. The van der Waals surface area contributed by atoms with Crippen molar-refractivity contribution >= 4 is 17.2 Å². The maximum Gasteiger partial charge on any atom is 0.159 e. The van der Waals surface area contributed by atoms with E-state index in [2.05, 4.69) is 97.4 Å². The molecule has 3 nitrogen and oxygen atoms in total. The van der Waals surface area contributed by atoms with Crippen molar-refractivity contribution in [2.45, 2.75) is 44.7 Å². The van der Waals surface area contributed by atoms with E-state index in [0.717, 1.165) is 11.5 Å². The predicted octanol–water partition coefficient (Wildman–Crippen LogP) is 6.12. The molecule has 6 rings (SSSR count). The first-order valence-electron chi connectivity index (χ1n) is 10.8. The molecule has 0 radical (unpaired) electrons. The van der Waals surface area contributed by atoms with Crippen LogP contribution in [-0.4, -0.2) is 18.2 Å². The van der Waals surface area contributed by atoms with Crippen LogP contribution in [-0.2, 0) is 5.41 Å². The molecule has 0 bridgehead atoms. The molecule has 1 aromatic heterocycles. The highest BCUT2D eigenvalue weighted by Gasteiger charge is 2.75. The first-order chi connectivity index (χ1) is 14.2. The van der Waals surface area contributed by atoms with Crippen LogP contribution >= 0.6 is 0 Å². The number of pyridine rings is 1. The summed E-state index contributed by atoms with van der Waals surface area (Å²) in [6, 6.07) is 24.0. The molecule has 3 heteroatoms. The molecule has 2 aromatic carbocycles. The Morgan fingerprint density at radius 1 is 0.897 bits per heavy atom. The second-order valence-corrected chi connectivity index (χ2v) is 8.90. The van der Waals surface area contributed by atoms with E-state index in [-0.39, 0.29) is 0 Å². The van der Waals surface area contributed by atoms with Crippen LogP contribution in [0.5, 0.6) is 0 Å². The Morgan fingerprint density at radius 3 is 2.41 bits per heavy atom. The van der Waals surface area contributed by atoms with Crippen LogP contribution in [0, 0.1) is 5.41 Å². The number of fused-ring (bicyclic) bond motifs is 8. The number of hydrogen-bond donors (Lipinski definition) is 0. The fourth-order valence-electron chi connectivity index (χ4n) is 6.55. The maximum absolute atomic E-state index is 5.21. The Balaban J connectivity index is 1.59. The lowest BCUT2D eigenvalue weighted by Gasteiger charge is -2.45. The van der Waals surface area contributed by atoms with Crippen LogP contribution in [0.2, 0.25) is 0 Å². The predicted molar refractivity (Wildman–Crippen MR) is 120 cm³/mol. The Morgan fingerprint density at radius 2 is 1.66 bits per heavy atom. The van der Waals surface area contributed by atoms with Crippen LogP contribution in [0.25, 0.3) is 11.3 Å². The van der Waals surface area contributed by atoms with E-state index in [1.54, 1.807) is 0 Å². The lowest BCUT2D eigenvalue weighted by Crippen LogP contribution is -2.51. The third-order valence-electron chi connectivity index (χ3n) is 8.00. The fourth-order valence-corrected chi connectivity index (χ4v) is 6.55. The number of para-hydroxylation sites is 1. The van der Waals surface area contributed by atoms with E-state index in [1.807, 2.05) is 0 Å². The van der Waals surface area contributed by atoms with E-state index in [0.29, 0.717) is 17.0 Å². The molecule has 3 atom stereocenters. The van der Waals surface area contributed by atoms with Crippen molar-refractivity contribution in [2.24, 2.45) is 5.41 Å². The van der Waals surface area contributed by atoms with E-state index in [4.69, 9.17) is 4.98 Å². The summed E-state index contributed by atoms with van der Waals surface area (Å²) in [5.41, 5.74) is 6.93. The van der Waals surface area contributed by atoms with E-state index >= 15 is 0 Å². The smallest absolute Gasteiger partial charge is 0.159 e. The van der Waals surface area contributed by atoms with Crippen LogP contribution in [0.1, 0.15) is 38.7 Å². The number of benzene rings is 2. The molecule has 0 N–H and O–H groups in total. The Kier molecular flexibility index (Phi) is 3.31. The average Bonchev–Trinajstić information content (AvgIpc) is 3.40. The first-order valence-corrected chi connectivity index (χ1v) is 10.8. The van der Waals surface area contributed by atoms with Gasteiger partial charge in [0.05, 0.1) is 11.4 Å². The van der Waals surface area contributed by atoms with Gasteiger partial charge in [-0.3, -0.25) is 0 Å². The van der Waals surface area contributed by atoms with Gasteiger partial charge < -0.3 is 9.80 Å². The van der Waals surface area contributed by atoms with Crippen molar-refractivity contribution in [1.29, 1.82) is 0 Å². The Hall–Kier alpha value is -2.81. The van der Waals surface area contributed by atoms with Gasteiger partial charge in [0.25, 0.3) is 0 Å². The van der Waals surface area contributed by atoms with Crippen LogP contribution in [0.15, 0.2) is 66.7 Å². The molecule has 0 saturated heterocycles. The van der Waals surface area contributed by atoms with Gasteiger partial charge in [0.1, 0.15) is 6.17 Å². The van der Waals surface area contributed by atoms with Crippen molar-refractivity contribution in [3.8, 4) is 11.3 Å². The minimum atomic E-state index is 0.290. The molecular formula is C26H27N3. The van der Waals surface area contributed by atoms with E-state index < -0.39 is 0 Å². The molecule has 3 unspecified atom stereocenters. The topological polar surface area (TPSA) is 19.4 Å². The van der Waals surface area contributed by atoms with Gasteiger partial charge in [0.2, 0.25) is 0 Å². The van der Waals surface area contributed by atoms with Gasteiger partial charge in [-0.15, -0.1) is 0 Å². The van der Waals surface area contributed by atoms with Gasteiger partial charge in [-0.05, 0) is 43.0 Å². The molecule has 1 fully saturated rings. The van der Waals surface area contributed by atoms with Crippen molar-refractivity contribution in [3.63, 3.8) is 0 Å². The SMILES string of the molecule is CCC12CC1(CC)C1N(C)c3ccc(-c4ccccc4)nc3N1c1ccccc12. The normalized spacial score (nSPS) is 28.4. The number of anilines is 3. The summed E-state index contributed by atoms with van der Waals surface area (Å²) >= 11 is 0. The van der Waals surface area contributed by atoms with Gasteiger partial charge >= 0.3 is 0 Å². The second kappa shape index (κ2) is 5.63. The zero-order valence-electron chi connectivity index (χ0n) is 17.4. The highest BCUT2D eigenvalue weighted by molar-refractivity contribution is 5.87. The molecule has 3 aliphatic rings. The minimum Gasteiger partial charge on any atom is -0.350 e. The molecule has 29 heavy (non-hydrogen) atoms. The summed E-state index contributed by atoms with van der Waals surface area (Å²) in [6.07, 6.45) is 4.01. The lowest BCUT2D eigenvalue weighted by atomic mass is 9.76. The van der Waals surface area contributed by atoms with Gasteiger partial charge in [0, 0.05) is 29.1 Å². The summed E-state index contributed by atoms with van der Waals surface area (Å²) in [4.78, 5) is 10.2. The van der Waals surface area contributed by atoms with E-state index in [1.165, 1.54) is 41.8 Å². The quantitative estimate of drug-likeness (QED) is 0.544. The van der Waals surface area contributed by atoms with Gasteiger partial charge in [0.15, 0.2) is 5.82 Å². The number of aromatic nitrogens is 1. The molecule has 1 aliphatic carbocycles. The summed E-state index contributed by atoms with van der Waals surface area (Å²) in [6.45, 7) is 4.75. The van der Waals surface area contributed by atoms with Crippen LogP contribution in [0.4, 0.5) is 17.2 Å². The van der Waals surface area contributed by atoms with E-state index in [9.17, 15) is 0 Å². The molecular weight excluding hydrogens is 354 g/mol. The van der Waals surface area contributed by atoms with Crippen molar-refractivity contribution < 1.29 is 0 Å². The molecule has 3 heterocycles. The van der Waals surface area contributed by atoms with Crippen molar-refractivity contribution in [2.75, 3.05) is 16.8 Å². The average molecular weight is 382 g/mol. The minimum absolute atomic E-state index is 0.290. The summed E-state index contributed by atoms with van der Waals surface area (Å²) in [5.74, 6) is 1.11. The molecule has 0 amide bonds. The number of nitrogens with zero attached hydrogens (tertiary/aromatic N) is 3. The summed E-state index contributed by atoms with van der Waals surface area (Å²) < 4.78 is 0. The standard InChI is InChI=1S/C26H27N3/c1-4-25-17-26(25,5-2)24-28(3)22-16-15-20(18-11-7-6-8-12-18)27-23(22)29(24)21-14-10-9-13-19(21)25/h6-16,24H,4-5,17H2,1-3H3. The van der Waals surface area contributed by atoms with Crippen LogP contribution < -0.4 is 9.80 Å². The highest BCUT2D eigenvalue weighted by atomic mass is 15.5. The summed E-state index contributed by atoms with van der Waals surface area (Å²) in [7, 11) is 2.26. The zero-order chi connectivity index (χ0) is 19.8. The molecule has 146 valence electrons. The Bertz CT molecular complexity index is 1110. The second-order valence-electron chi connectivity index (χ2n) is 8.90. The fraction of sp³-hybridized carbons (Fsp3) is 0.346. The first kappa shape index (κ1) is 17.1. The summed E-state index contributed by atoms with van der Waals surface area (Å²) in [5, 5.41) is 0. The van der Waals surface area contributed by atoms with Gasteiger partial charge in [-0.25, -0.2) is 4.98 Å². The third-order valence-corrected chi connectivity index (χ3v) is 8.00.